The van der Waals surface area contributed by atoms with Crippen molar-refractivity contribution in [1.82, 2.24) is 15.0 Å². The molecule has 0 radical (unpaired) electrons. The molecule has 0 unspecified atom stereocenters. The van der Waals surface area contributed by atoms with Crippen LogP contribution in [0.25, 0.3) is 22.7 Å². The molecule has 2 heterocycles. The van der Waals surface area contributed by atoms with Gasteiger partial charge in [0.05, 0.1) is 16.6 Å². The van der Waals surface area contributed by atoms with Crippen molar-refractivity contribution in [2.75, 3.05) is 0 Å². The Kier molecular flexibility index (Phi) is 3.32. The molecule has 0 spiro atoms. The summed E-state index contributed by atoms with van der Waals surface area (Å²) >= 11 is 3.28. The highest BCUT2D eigenvalue weighted by Gasteiger charge is 2.07. The van der Waals surface area contributed by atoms with Crippen LogP contribution in [0.3, 0.4) is 0 Å². The van der Waals surface area contributed by atoms with Crippen LogP contribution in [-0.2, 0) is 0 Å². The number of benzene rings is 1. The van der Waals surface area contributed by atoms with Crippen LogP contribution in [0.15, 0.2) is 47.2 Å². The molecule has 0 amide bonds. The first-order valence-electron chi connectivity index (χ1n) is 5.95. The summed E-state index contributed by atoms with van der Waals surface area (Å²) in [7, 11) is 0. The van der Waals surface area contributed by atoms with Gasteiger partial charge in [-0.2, -0.15) is 5.26 Å². The summed E-state index contributed by atoms with van der Waals surface area (Å²) in [6, 6.07) is 13.6. The van der Waals surface area contributed by atoms with Gasteiger partial charge in [0.1, 0.15) is 16.5 Å². The molecule has 0 saturated carbocycles. The Balaban J connectivity index is 2.05. The number of hydrogen-bond donors (Lipinski definition) is 1. The van der Waals surface area contributed by atoms with Gasteiger partial charge in [-0.1, -0.05) is 18.2 Å². The lowest BCUT2D eigenvalue weighted by Crippen LogP contribution is -1.85. The summed E-state index contributed by atoms with van der Waals surface area (Å²) in [4.78, 5) is 11.7. The molecule has 0 fully saturated rings. The molecule has 2 aromatic heterocycles. The van der Waals surface area contributed by atoms with Crippen LogP contribution in [0.4, 0.5) is 0 Å². The molecular formula is C15H9BrN4. The number of halogens is 1. The molecule has 3 aromatic rings. The molecule has 3 rings (SSSR count). The van der Waals surface area contributed by atoms with Gasteiger partial charge in [0.2, 0.25) is 0 Å². The second kappa shape index (κ2) is 5.27. The normalized spacial score (nSPS) is 11.5. The minimum absolute atomic E-state index is 0.477. The number of allylic oxidation sites excluding steroid dienone is 1. The number of rotatable bonds is 2. The zero-order valence-corrected chi connectivity index (χ0v) is 11.9. The van der Waals surface area contributed by atoms with Gasteiger partial charge in [-0.3, -0.25) is 0 Å². The predicted molar refractivity (Wildman–Crippen MR) is 81.5 cm³/mol. The average molecular weight is 325 g/mol. The minimum Gasteiger partial charge on any atom is -0.337 e. The lowest BCUT2D eigenvalue weighted by atomic mass is 10.2. The Hall–Kier alpha value is -2.45. The van der Waals surface area contributed by atoms with E-state index in [2.05, 4.69) is 37.0 Å². The van der Waals surface area contributed by atoms with Crippen molar-refractivity contribution in [3.8, 4) is 6.07 Å². The molecule has 1 aromatic carbocycles. The van der Waals surface area contributed by atoms with E-state index in [0.717, 1.165) is 21.2 Å². The fourth-order valence-corrected chi connectivity index (χ4v) is 2.11. The number of aromatic nitrogens is 3. The molecule has 0 aliphatic rings. The maximum atomic E-state index is 9.31. The molecule has 0 aliphatic carbocycles. The summed E-state index contributed by atoms with van der Waals surface area (Å²) in [6.07, 6.45) is 3.46. The summed E-state index contributed by atoms with van der Waals surface area (Å²) in [5.74, 6) is 0.566. The largest absolute Gasteiger partial charge is 0.337 e. The van der Waals surface area contributed by atoms with Crippen LogP contribution in [0, 0.1) is 11.3 Å². The summed E-state index contributed by atoms with van der Waals surface area (Å²) < 4.78 is 0.761. The van der Waals surface area contributed by atoms with Gasteiger partial charge in [-0.05, 0) is 45.8 Å². The molecule has 5 heteroatoms. The van der Waals surface area contributed by atoms with E-state index < -0.39 is 0 Å². The third-order valence-corrected chi connectivity index (χ3v) is 3.30. The number of H-pyrrole nitrogens is 1. The van der Waals surface area contributed by atoms with E-state index in [1.165, 1.54) is 0 Å². The number of nitrogens with one attached hydrogen (secondary N) is 1. The van der Waals surface area contributed by atoms with Crippen molar-refractivity contribution in [2.45, 2.75) is 0 Å². The van der Waals surface area contributed by atoms with E-state index in [-0.39, 0.29) is 0 Å². The highest BCUT2D eigenvalue weighted by atomic mass is 79.9. The van der Waals surface area contributed by atoms with Crippen molar-refractivity contribution in [3.05, 3.63) is 58.6 Å². The molecule has 20 heavy (non-hydrogen) atoms. The number of pyridine rings is 1. The quantitative estimate of drug-likeness (QED) is 0.576. The SMILES string of the molecule is N#C/C(=C\c1ccc(Br)nc1)c1nc2ccccc2[nH]1. The number of hydrogen-bond acceptors (Lipinski definition) is 3. The first-order valence-corrected chi connectivity index (χ1v) is 6.74. The zero-order chi connectivity index (χ0) is 13.9. The number of fused-ring (bicyclic) bond motifs is 1. The average Bonchev–Trinajstić information content (AvgIpc) is 2.90. The summed E-state index contributed by atoms with van der Waals surface area (Å²) in [5.41, 5.74) is 3.09. The number of imidazole rings is 1. The third-order valence-electron chi connectivity index (χ3n) is 2.83. The first kappa shape index (κ1) is 12.6. The number of aromatic amines is 1. The fourth-order valence-electron chi connectivity index (χ4n) is 1.87. The van der Waals surface area contributed by atoms with E-state index in [1.54, 1.807) is 12.3 Å². The Morgan fingerprint density at radius 3 is 2.80 bits per heavy atom. The second-order valence-corrected chi connectivity index (χ2v) is 5.00. The first-order chi connectivity index (χ1) is 9.76. The molecule has 0 saturated heterocycles. The number of nitrogens with zero attached hydrogens (tertiary/aromatic N) is 3. The number of para-hydroxylation sites is 2. The third kappa shape index (κ3) is 2.46. The Morgan fingerprint density at radius 1 is 1.25 bits per heavy atom. The molecular weight excluding hydrogens is 316 g/mol. The van der Waals surface area contributed by atoms with Crippen molar-refractivity contribution < 1.29 is 0 Å². The predicted octanol–water partition coefficient (Wildman–Crippen LogP) is 3.78. The topological polar surface area (TPSA) is 65.4 Å². The summed E-state index contributed by atoms with van der Waals surface area (Å²) in [6.45, 7) is 0. The van der Waals surface area contributed by atoms with Crippen LogP contribution >= 0.6 is 15.9 Å². The van der Waals surface area contributed by atoms with E-state index in [4.69, 9.17) is 0 Å². The summed E-state index contributed by atoms with van der Waals surface area (Å²) in [5, 5.41) is 9.31. The Morgan fingerprint density at radius 2 is 2.10 bits per heavy atom. The maximum Gasteiger partial charge on any atom is 0.149 e. The highest BCUT2D eigenvalue weighted by Crippen LogP contribution is 2.19. The van der Waals surface area contributed by atoms with Gasteiger partial charge in [0.15, 0.2) is 0 Å². The van der Waals surface area contributed by atoms with Gasteiger partial charge >= 0.3 is 0 Å². The van der Waals surface area contributed by atoms with Gasteiger partial charge in [-0.15, -0.1) is 0 Å². The zero-order valence-electron chi connectivity index (χ0n) is 10.3. The maximum absolute atomic E-state index is 9.31. The van der Waals surface area contributed by atoms with Gasteiger partial charge in [-0.25, -0.2) is 9.97 Å². The molecule has 1 N–H and O–H groups in total. The minimum atomic E-state index is 0.477. The van der Waals surface area contributed by atoms with Crippen LogP contribution in [0.2, 0.25) is 0 Å². The highest BCUT2D eigenvalue weighted by molar-refractivity contribution is 9.10. The van der Waals surface area contributed by atoms with Gasteiger partial charge < -0.3 is 4.98 Å². The van der Waals surface area contributed by atoms with E-state index >= 15 is 0 Å². The van der Waals surface area contributed by atoms with Crippen molar-refractivity contribution in [3.63, 3.8) is 0 Å². The molecule has 0 bridgehead atoms. The standard InChI is InChI=1S/C15H9BrN4/c16-14-6-5-10(9-18-14)7-11(8-17)15-19-12-3-1-2-4-13(12)20-15/h1-7,9H,(H,19,20)/b11-7+. The van der Waals surface area contributed by atoms with Crippen molar-refractivity contribution in [1.29, 1.82) is 5.26 Å². The Labute approximate surface area is 123 Å². The van der Waals surface area contributed by atoms with Gasteiger partial charge in [0.25, 0.3) is 0 Å². The Bertz CT molecular complexity index is 792. The van der Waals surface area contributed by atoms with Crippen molar-refractivity contribution in [2.24, 2.45) is 0 Å². The lowest BCUT2D eigenvalue weighted by molar-refractivity contribution is 1.26. The van der Waals surface area contributed by atoms with E-state index in [0.29, 0.717) is 11.4 Å². The van der Waals surface area contributed by atoms with E-state index in [1.807, 2.05) is 36.4 Å². The van der Waals surface area contributed by atoms with Crippen molar-refractivity contribution >= 4 is 38.6 Å². The lowest BCUT2D eigenvalue weighted by Gasteiger charge is -1.95. The van der Waals surface area contributed by atoms with E-state index in [9.17, 15) is 5.26 Å². The smallest absolute Gasteiger partial charge is 0.149 e. The van der Waals surface area contributed by atoms with Crippen LogP contribution in [0.5, 0.6) is 0 Å². The fraction of sp³-hybridized carbons (Fsp3) is 0. The van der Waals surface area contributed by atoms with Crippen LogP contribution < -0.4 is 0 Å². The molecule has 0 aliphatic heterocycles. The molecule has 0 atom stereocenters. The number of nitriles is 1. The van der Waals surface area contributed by atoms with Gasteiger partial charge in [0, 0.05) is 6.20 Å². The molecule has 4 nitrogen and oxygen atoms in total. The van der Waals surface area contributed by atoms with Crippen LogP contribution in [0.1, 0.15) is 11.4 Å². The second-order valence-electron chi connectivity index (χ2n) is 4.19. The molecule has 96 valence electrons. The monoisotopic (exact) mass is 324 g/mol. The van der Waals surface area contributed by atoms with Crippen LogP contribution in [-0.4, -0.2) is 15.0 Å².